The summed E-state index contributed by atoms with van der Waals surface area (Å²) in [4.78, 5) is 6.94. The topological polar surface area (TPSA) is 28.2 Å². The van der Waals surface area contributed by atoms with Crippen LogP contribution in [0.1, 0.15) is 44.9 Å². The zero-order valence-electron chi connectivity index (χ0n) is 12.7. The number of aromatic nitrogens is 1. The molecule has 3 heteroatoms. The Hall–Kier alpha value is -1.09. The molecule has 2 rings (SSSR count). The van der Waals surface area contributed by atoms with E-state index in [1.54, 1.807) is 0 Å². The molecule has 0 saturated heterocycles. The molecule has 0 aliphatic heterocycles. The van der Waals surface area contributed by atoms with Crippen molar-refractivity contribution in [2.24, 2.45) is 5.92 Å². The van der Waals surface area contributed by atoms with Gasteiger partial charge in [0, 0.05) is 48.8 Å². The van der Waals surface area contributed by atoms with Crippen LogP contribution in [0.3, 0.4) is 0 Å². The number of anilines is 1. The van der Waals surface area contributed by atoms with Crippen LogP contribution in [0, 0.1) is 12.8 Å². The SMILES string of the molecule is CCN(CC(C)C)c1cc(C)ncc1CNC1CC1. The van der Waals surface area contributed by atoms with E-state index in [1.807, 2.05) is 6.20 Å². The van der Waals surface area contributed by atoms with Gasteiger partial charge in [0.05, 0.1) is 0 Å². The number of hydrogen-bond donors (Lipinski definition) is 1. The van der Waals surface area contributed by atoms with Gasteiger partial charge in [0.15, 0.2) is 0 Å². The highest BCUT2D eigenvalue weighted by Crippen LogP contribution is 2.24. The maximum Gasteiger partial charge on any atom is 0.0445 e. The summed E-state index contributed by atoms with van der Waals surface area (Å²) >= 11 is 0. The lowest BCUT2D eigenvalue weighted by atomic mass is 10.1. The summed E-state index contributed by atoms with van der Waals surface area (Å²) in [6.45, 7) is 12.0. The van der Waals surface area contributed by atoms with Crippen LogP contribution < -0.4 is 10.2 Å². The van der Waals surface area contributed by atoms with Crippen LogP contribution in [0.2, 0.25) is 0 Å². The smallest absolute Gasteiger partial charge is 0.0445 e. The van der Waals surface area contributed by atoms with Crippen molar-refractivity contribution in [2.45, 2.75) is 53.1 Å². The van der Waals surface area contributed by atoms with Crippen molar-refractivity contribution in [2.75, 3.05) is 18.0 Å². The Morgan fingerprint density at radius 2 is 2.16 bits per heavy atom. The van der Waals surface area contributed by atoms with E-state index in [-0.39, 0.29) is 0 Å². The first-order chi connectivity index (χ1) is 9.10. The molecule has 0 spiro atoms. The third-order valence-electron chi connectivity index (χ3n) is 3.57. The average Bonchev–Trinajstić information content (AvgIpc) is 3.18. The fraction of sp³-hybridized carbons (Fsp3) is 0.688. The van der Waals surface area contributed by atoms with Crippen LogP contribution in [-0.4, -0.2) is 24.1 Å². The third-order valence-corrected chi connectivity index (χ3v) is 3.57. The van der Waals surface area contributed by atoms with E-state index in [9.17, 15) is 0 Å². The van der Waals surface area contributed by atoms with Gasteiger partial charge in [-0.05, 0) is 38.7 Å². The van der Waals surface area contributed by atoms with Crippen LogP contribution in [0.25, 0.3) is 0 Å². The number of hydrogen-bond acceptors (Lipinski definition) is 3. The average molecular weight is 261 g/mol. The molecule has 0 atom stereocenters. The standard InChI is InChI=1S/C16H27N3/c1-5-19(11-12(2)3)16-8-13(4)17-9-14(16)10-18-15-6-7-15/h8-9,12,15,18H,5-7,10-11H2,1-4H3. The zero-order valence-corrected chi connectivity index (χ0v) is 12.7. The fourth-order valence-electron chi connectivity index (χ4n) is 2.38. The Morgan fingerprint density at radius 3 is 2.74 bits per heavy atom. The van der Waals surface area contributed by atoms with Crippen LogP contribution in [0.4, 0.5) is 5.69 Å². The Morgan fingerprint density at radius 1 is 1.42 bits per heavy atom. The second-order valence-corrected chi connectivity index (χ2v) is 6.04. The van der Waals surface area contributed by atoms with E-state index in [4.69, 9.17) is 0 Å². The summed E-state index contributed by atoms with van der Waals surface area (Å²) in [5.41, 5.74) is 3.80. The number of nitrogens with zero attached hydrogens (tertiary/aromatic N) is 2. The van der Waals surface area contributed by atoms with Gasteiger partial charge in [-0.2, -0.15) is 0 Å². The lowest BCUT2D eigenvalue weighted by Crippen LogP contribution is -2.29. The Bertz CT molecular complexity index is 410. The van der Waals surface area contributed by atoms with E-state index in [0.29, 0.717) is 5.92 Å². The Balaban J connectivity index is 2.15. The first-order valence-corrected chi connectivity index (χ1v) is 7.54. The van der Waals surface area contributed by atoms with Gasteiger partial charge in [-0.25, -0.2) is 0 Å². The molecule has 3 nitrogen and oxygen atoms in total. The first-order valence-electron chi connectivity index (χ1n) is 7.54. The Kier molecular flexibility index (Phi) is 4.81. The molecule has 1 aromatic rings. The van der Waals surface area contributed by atoms with Crippen molar-refractivity contribution in [3.05, 3.63) is 23.5 Å². The molecule has 0 unspecified atom stereocenters. The molecule has 0 radical (unpaired) electrons. The van der Waals surface area contributed by atoms with Crippen molar-refractivity contribution >= 4 is 5.69 Å². The predicted octanol–water partition coefficient (Wildman–Crippen LogP) is 3.12. The second kappa shape index (κ2) is 6.38. The molecule has 1 aromatic heterocycles. The number of pyridine rings is 1. The normalized spacial score (nSPS) is 15.0. The van der Waals surface area contributed by atoms with Gasteiger partial charge in [0.25, 0.3) is 0 Å². The molecule has 0 amide bonds. The molecular formula is C16H27N3. The minimum absolute atomic E-state index is 0.678. The molecule has 1 aliphatic carbocycles. The number of aryl methyl sites for hydroxylation is 1. The van der Waals surface area contributed by atoms with Crippen molar-refractivity contribution in [1.82, 2.24) is 10.3 Å². The molecule has 0 aromatic carbocycles. The quantitative estimate of drug-likeness (QED) is 0.817. The lowest BCUT2D eigenvalue weighted by Gasteiger charge is -2.27. The molecule has 1 fully saturated rings. The fourth-order valence-corrected chi connectivity index (χ4v) is 2.38. The first kappa shape index (κ1) is 14.3. The minimum atomic E-state index is 0.678. The van der Waals surface area contributed by atoms with E-state index in [1.165, 1.54) is 24.1 Å². The summed E-state index contributed by atoms with van der Waals surface area (Å²) in [6.07, 6.45) is 4.71. The van der Waals surface area contributed by atoms with E-state index in [2.05, 4.69) is 49.0 Å². The molecular weight excluding hydrogens is 234 g/mol. The van der Waals surface area contributed by atoms with Gasteiger partial charge in [-0.1, -0.05) is 13.8 Å². The van der Waals surface area contributed by atoms with Crippen LogP contribution >= 0.6 is 0 Å². The summed E-state index contributed by atoms with van der Waals surface area (Å²) in [5, 5.41) is 3.60. The van der Waals surface area contributed by atoms with Gasteiger partial charge in [-0.15, -0.1) is 0 Å². The van der Waals surface area contributed by atoms with Gasteiger partial charge in [-0.3, -0.25) is 4.98 Å². The molecule has 19 heavy (non-hydrogen) atoms. The van der Waals surface area contributed by atoms with Crippen molar-refractivity contribution in [1.29, 1.82) is 0 Å². The lowest BCUT2D eigenvalue weighted by molar-refractivity contribution is 0.613. The predicted molar refractivity (Wildman–Crippen MR) is 81.6 cm³/mol. The van der Waals surface area contributed by atoms with Gasteiger partial charge in [0.2, 0.25) is 0 Å². The summed E-state index contributed by atoms with van der Waals surface area (Å²) < 4.78 is 0. The molecule has 1 N–H and O–H groups in total. The number of rotatable bonds is 7. The van der Waals surface area contributed by atoms with Gasteiger partial charge >= 0.3 is 0 Å². The van der Waals surface area contributed by atoms with Crippen LogP contribution in [0.15, 0.2) is 12.3 Å². The van der Waals surface area contributed by atoms with Gasteiger partial charge < -0.3 is 10.2 Å². The highest BCUT2D eigenvalue weighted by atomic mass is 15.1. The summed E-state index contributed by atoms with van der Waals surface area (Å²) in [5.74, 6) is 0.678. The molecule has 106 valence electrons. The highest BCUT2D eigenvalue weighted by molar-refractivity contribution is 5.53. The van der Waals surface area contributed by atoms with Crippen molar-refractivity contribution in [3.8, 4) is 0 Å². The molecule has 1 aliphatic rings. The maximum atomic E-state index is 4.47. The maximum absolute atomic E-state index is 4.47. The summed E-state index contributed by atoms with van der Waals surface area (Å²) in [7, 11) is 0. The van der Waals surface area contributed by atoms with E-state index in [0.717, 1.165) is 31.4 Å². The monoisotopic (exact) mass is 261 g/mol. The molecule has 1 heterocycles. The second-order valence-electron chi connectivity index (χ2n) is 6.04. The number of nitrogens with one attached hydrogen (secondary N) is 1. The zero-order chi connectivity index (χ0) is 13.8. The summed E-state index contributed by atoms with van der Waals surface area (Å²) in [6, 6.07) is 2.98. The van der Waals surface area contributed by atoms with E-state index >= 15 is 0 Å². The highest BCUT2D eigenvalue weighted by Gasteiger charge is 2.21. The van der Waals surface area contributed by atoms with Gasteiger partial charge in [0.1, 0.15) is 0 Å². The largest absolute Gasteiger partial charge is 0.371 e. The van der Waals surface area contributed by atoms with Crippen molar-refractivity contribution < 1.29 is 0 Å². The molecule has 1 saturated carbocycles. The van der Waals surface area contributed by atoms with Crippen LogP contribution in [-0.2, 0) is 6.54 Å². The third kappa shape index (κ3) is 4.20. The molecule has 0 bridgehead atoms. The Labute approximate surface area is 117 Å². The minimum Gasteiger partial charge on any atom is -0.371 e. The van der Waals surface area contributed by atoms with E-state index < -0.39 is 0 Å². The van der Waals surface area contributed by atoms with Crippen LogP contribution in [0.5, 0.6) is 0 Å². The van der Waals surface area contributed by atoms with Crippen molar-refractivity contribution in [3.63, 3.8) is 0 Å².